The second-order valence-corrected chi connectivity index (χ2v) is 6.30. The molecule has 0 spiro atoms. The fourth-order valence-corrected chi connectivity index (χ4v) is 3.64. The van der Waals surface area contributed by atoms with Gasteiger partial charge < -0.3 is 5.32 Å². The van der Waals surface area contributed by atoms with Crippen molar-refractivity contribution in [1.29, 1.82) is 0 Å². The molecular weight excluding hydrogens is 316 g/mol. The molecule has 3 aromatic rings. The van der Waals surface area contributed by atoms with Crippen molar-refractivity contribution >= 4 is 34.8 Å². The zero-order chi connectivity index (χ0) is 15.4. The average Bonchev–Trinajstić information content (AvgIpc) is 3.17. The van der Waals surface area contributed by atoms with Crippen molar-refractivity contribution < 1.29 is 4.79 Å². The van der Waals surface area contributed by atoms with Crippen LogP contribution >= 0.6 is 23.1 Å². The number of thiophene rings is 1. The highest BCUT2D eigenvalue weighted by molar-refractivity contribution is 7.98. The zero-order valence-corrected chi connectivity index (χ0v) is 13.5. The lowest BCUT2D eigenvalue weighted by molar-refractivity contribution is 0.102. The zero-order valence-electron chi connectivity index (χ0n) is 11.9. The third-order valence-corrected chi connectivity index (χ3v) is 4.83. The van der Waals surface area contributed by atoms with Gasteiger partial charge in [0, 0.05) is 29.6 Å². The van der Waals surface area contributed by atoms with Gasteiger partial charge in [-0.05, 0) is 29.3 Å². The van der Waals surface area contributed by atoms with Crippen LogP contribution in [0.3, 0.4) is 0 Å². The van der Waals surface area contributed by atoms with Gasteiger partial charge in [0.2, 0.25) is 0 Å². The minimum absolute atomic E-state index is 0.119. The fraction of sp³-hybridized carbons (Fsp3) is 0.133. The summed E-state index contributed by atoms with van der Waals surface area (Å²) in [6.45, 7) is 0.624. The molecule has 0 saturated heterocycles. The maximum atomic E-state index is 12.2. The van der Waals surface area contributed by atoms with Gasteiger partial charge in [0.1, 0.15) is 4.88 Å². The van der Waals surface area contributed by atoms with Gasteiger partial charge in [-0.2, -0.15) is 5.10 Å². The molecule has 0 atom stereocenters. The predicted octanol–water partition coefficient (Wildman–Crippen LogP) is 3.36. The van der Waals surface area contributed by atoms with Crippen molar-refractivity contribution in [2.45, 2.75) is 11.4 Å². The highest BCUT2D eigenvalue weighted by Crippen LogP contribution is 2.26. The molecular formula is C15H14N4OS2. The first-order valence-corrected chi connectivity index (χ1v) is 8.72. The van der Waals surface area contributed by atoms with Crippen molar-refractivity contribution in [3.8, 4) is 0 Å². The van der Waals surface area contributed by atoms with Crippen LogP contribution in [0.2, 0.25) is 0 Å². The Morgan fingerprint density at radius 1 is 1.41 bits per heavy atom. The molecule has 0 aliphatic rings. The summed E-state index contributed by atoms with van der Waals surface area (Å²) < 4.78 is 1.77. The Labute approximate surface area is 136 Å². The molecule has 0 aliphatic heterocycles. The van der Waals surface area contributed by atoms with Gasteiger partial charge >= 0.3 is 0 Å². The highest BCUT2D eigenvalue weighted by Gasteiger charge is 2.13. The third kappa shape index (κ3) is 3.37. The van der Waals surface area contributed by atoms with E-state index in [1.807, 2.05) is 36.0 Å². The topological polar surface area (TPSA) is 59.8 Å². The Balaban J connectivity index is 1.68. The van der Waals surface area contributed by atoms with Gasteiger partial charge in [0.15, 0.2) is 5.82 Å². The molecule has 7 heteroatoms. The molecule has 0 unspecified atom stereocenters. The number of anilines is 1. The second kappa shape index (κ2) is 6.76. The molecule has 1 amide bonds. The van der Waals surface area contributed by atoms with Crippen LogP contribution in [0.15, 0.2) is 53.1 Å². The number of aromatic nitrogens is 3. The van der Waals surface area contributed by atoms with E-state index in [-0.39, 0.29) is 5.91 Å². The Bertz CT molecular complexity index is 767. The molecule has 1 N–H and O–H groups in total. The predicted molar refractivity (Wildman–Crippen MR) is 89.6 cm³/mol. The number of nitrogens with one attached hydrogen (secondary N) is 1. The summed E-state index contributed by atoms with van der Waals surface area (Å²) in [6, 6.07) is 7.62. The maximum Gasteiger partial charge on any atom is 0.268 e. The molecule has 0 aromatic carbocycles. The summed E-state index contributed by atoms with van der Waals surface area (Å²) >= 11 is 3.00. The molecule has 5 nitrogen and oxygen atoms in total. The summed E-state index contributed by atoms with van der Waals surface area (Å²) in [5, 5.41) is 9.12. The van der Waals surface area contributed by atoms with Crippen LogP contribution in [0, 0.1) is 0 Å². The number of hydrogen-bond donors (Lipinski definition) is 1. The van der Waals surface area contributed by atoms with E-state index in [0.29, 0.717) is 17.2 Å². The molecule has 3 heterocycles. The van der Waals surface area contributed by atoms with E-state index in [9.17, 15) is 4.79 Å². The van der Waals surface area contributed by atoms with Gasteiger partial charge in [-0.1, -0.05) is 6.07 Å². The SMILES string of the molecule is CSc1ccsc1C(=O)Nc1ccn(Cc2cccnc2)n1. The molecule has 112 valence electrons. The number of thioether (sulfide) groups is 1. The van der Waals surface area contributed by atoms with Crippen LogP contribution in [0.4, 0.5) is 5.82 Å². The molecule has 0 radical (unpaired) electrons. The van der Waals surface area contributed by atoms with E-state index in [0.717, 1.165) is 10.5 Å². The van der Waals surface area contributed by atoms with Gasteiger partial charge in [0.05, 0.1) is 6.54 Å². The molecule has 0 fully saturated rings. The molecule has 0 saturated carbocycles. The van der Waals surface area contributed by atoms with Crippen molar-refractivity contribution in [3.05, 3.63) is 58.7 Å². The summed E-state index contributed by atoms with van der Waals surface area (Å²) in [5.74, 6) is 0.431. The molecule has 22 heavy (non-hydrogen) atoms. The smallest absolute Gasteiger partial charge is 0.268 e. The molecule has 0 aliphatic carbocycles. The largest absolute Gasteiger partial charge is 0.304 e. The first-order valence-electron chi connectivity index (χ1n) is 6.61. The van der Waals surface area contributed by atoms with E-state index in [2.05, 4.69) is 15.4 Å². The molecule has 3 rings (SSSR count). The number of carbonyl (C=O) groups excluding carboxylic acids is 1. The van der Waals surface area contributed by atoms with Crippen LogP contribution in [0.5, 0.6) is 0 Å². The Morgan fingerprint density at radius 3 is 3.09 bits per heavy atom. The van der Waals surface area contributed by atoms with Crippen molar-refractivity contribution in [3.63, 3.8) is 0 Å². The lowest BCUT2D eigenvalue weighted by Crippen LogP contribution is -2.12. The summed E-state index contributed by atoms with van der Waals surface area (Å²) in [5.41, 5.74) is 1.06. The van der Waals surface area contributed by atoms with Gasteiger partial charge in [0.25, 0.3) is 5.91 Å². The number of hydrogen-bond acceptors (Lipinski definition) is 5. The number of pyridine rings is 1. The number of nitrogens with zero attached hydrogens (tertiary/aromatic N) is 3. The first-order chi connectivity index (χ1) is 10.8. The lowest BCUT2D eigenvalue weighted by atomic mass is 10.3. The van der Waals surface area contributed by atoms with Crippen molar-refractivity contribution in [1.82, 2.24) is 14.8 Å². The lowest BCUT2D eigenvalue weighted by Gasteiger charge is -2.03. The monoisotopic (exact) mass is 330 g/mol. The summed E-state index contributed by atoms with van der Waals surface area (Å²) in [4.78, 5) is 18.0. The Hall–Kier alpha value is -2.12. The molecule has 3 aromatic heterocycles. The van der Waals surface area contributed by atoms with Crippen LogP contribution < -0.4 is 5.32 Å². The second-order valence-electron chi connectivity index (χ2n) is 4.53. The number of rotatable bonds is 5. The van der Waals surface area contributed by atoms with E-state index in [1.54, 1.807) is 34.9 Å². The van der Waals surface area contributed by atoms with E-state index >= 15 is 0 Å². The minimum atomic E-state index is -0.119. The fourth-order valence-electron chi connectivity index (χ4n) is 1.99. The van der Waals surface area contributed by atoms with Crippen LogP contribution in [-0.2, 0) is 6.54 Å². The highest BCUT2D eigenvalue weighted by atomic mass is 32.2. The minimum Gasteiger partial charge on any atom is -0.304 e. The summed E-state index contributed by atoms with van der Waals surface area (Å²) in [7, 11) is 0. The van der Waals surface area contributed by atoms with Gasteiger partial charge in [-0.3, -0.25) is 14.5 Å². The van der Waals surface area contributed by atoms with Gasteiger partial charge in [-0.15, -0.1) is 23.1 Å². The molecule has 0 bridgehead atoms. The van der Waals surface area contributed by atoms with E-state index in [1.165, 1.54) is 11.3 Å². The quantitative estimate of drug-likeness (QED) is 0.729. The first kappa shape index (κ1) is 14.8. The van der Waals surface area contributed by atoms with Crippen LogP contribution in [-0.4, -0.2) is 26.9 Å². The average molecular weight is 330 g/mol. The van der Waals surface area contributed by atoms with Crippen LogP contribution in [0.1, 0.15) is 15.2 Å². The Kier molecular flexibility index (Phi) is 4.55. The maximum absolute atomic E-state index is 12.2. The normalized spacial score (nSPS) is 10.6. The van der Waals surface area contributed by atoms with Crippen molar-refractivity contribution in [2.24, 2.45) is 0 Å². The van der Waals surface area contributed by atoms with Crippen LogP contribution in [0.25, 0.3) is 0 Å². The van der Waals surface area contributed by atoms with Gasteiger partial charge in [-0.25, -0.2) is 0 Å². The third-order valence-electron chi connectivity index (χ3n) is 3.00. The number of carbonyl (C=O) groups is 1. The Morgan fingerprint density at radius 2 is 2.32 bits per heavy atom. The van der Waals surface area contributed by atoms with Crippen molar-refractivity contribution in [2.75, 3.05) is 11.6 Å². The standard InChI is InChI=1S/C15H14N4OS2/c1-21-12-5-8-22-14(12)15(20)17-13-4-7-19(18-13)10-11-3-2-6-16-9-11/h2-9H,10H2,1H3,(H,17,18,20). The summed E-state index contributed by atoms with van der Waals surface area (Å²) in [6.07, 6.45) is 7.34. The van der Waals surface area contributed by atoms with E-state index in [4.69, 9.17) is 0 Å². The number of amides is 1. The van der Waals surface area contributed by atoms with E-state index < -0.39 is 0 Å².